The van der Waals surface area contributed by atoms with E-state index in [-0.39, 0.29) is 11.2 Å². The molecule has 0 saturated heterocycles. The highest BCUT2D eigenvalue weighted by Crippen LogP contribution is 2.28. The third-order valence-electron chi connectivity index (χ3n) is 4.23. The second-order valence-corrected chi connectivity index (χ2v) is 7.82. The molecule has 0 spiro atoms. The van der Waals surface area contributed by atoms with E-state index in [1.165, 1.54) is 17.3 Å². The number of rotatable bonds is 7. The topological polar surface area (TPSA) is 73.0 Å². The first kappa shape index (κ1) is 19.2. The van der Waals surface area contributed by atoms with Crippen molar-refractivity contribution in [2.24, 2.45) is 0 Å². The van der Waals surface area contributed by atoms with Gasteiger partial charge in [-0.2, -0.15) is 0 Å². The minimum atomic E-state index is -0.280. The number of imidazole rings is 1. The van der Waals surface area contributed by atoms with E-state index >= 15 is 0 Å². The van der Waals surface area contributed by atoms with Crippen molar-refractivity contribution < 1.29 is 9.32 Å². The van der Waals surface area contributed by atoms with Crippen LogP contribution in [0.4, 0.5) is 5.82 Å². The van der Waals surface area contributed by atoms with Crippen LogP contribution in [0.1, 0.15) is 44.4 Å². The molecule has 1 amide bonds. The average Bonchev–Trinajstić information content (AvgIpc) is 3.28. The van der Waals surface area contributed by atoms with E-state index in [0.717, 1.165) is 10.8 Å². The van der Waals surface area contributed by atoms with Gasteiger partial charge in [-0.1, -0.05) is 49.8 Å². The quantitative estimate of drug-likeness (QED) is 0.592. The predicted octanol–water partition coefficient (Wildman–Crippen LogP) is 4.80. The summed E-state index contributed by atoms with van der Waals surface area (Å²) in [5.74, 6) is 1.47. The summed E-state index contributed by atoms with van der Waals surface area (Å²) in [5, 5.41) is 7.13. The summed E-state index contributed by atoms with van der Waals surface area (Å²) in [6.45, 7) is 8.12. The SMILES string of the molecule is CCC(Sc1nccn1-c1ccc(C(C)C)cc1)C(=O)Nc1cc(C)on1. The molecule has 1 atom stereocenters. The van der Waals surface area contributed by atoms with Gasteiger partial charge >= 0.3 is 0 Å². The van der Waals surface area contributed by atoms with Crippen molar-refractivity contribution in [3.8, 4) is 5.69 Å². The largest absolute Gasteiger partial charge is 0.360 e. The van der Waals surface area contributed by atoms with E-state index in [4.69, 9.17) is 4.52 Å². The molecule has 0 fully saturated rings. The number of nitrogens with one attached hydrogen (secondary N) is 1. The third-order valence-corrected chi connectivity index (χ3v) is 5.58. The lowest BCUT2D eigenvalue weighted by molar-refractivity contribution is -0.115. The second-order valence-electron chi connectivity index (χ2n) is 6.65. The maximum atomic E-state index is 12.6. The van der Waals surface area contributed by atoms with Gasteiger partial charge in [-0.25, -0.2) is 4.98 Å². The number of nitrogens with zero attached hydrogens (tertiary/aromatic N) is 3. The molecule has 1 aromatic carbocycles. The molecule has 27 heavy (non-hydrogen) atoms. The van der Waals surface area contributed by atoms with E-state index in [9.17, 15) is 4.79 Å². The molecule has 0 saturated carbocycles. The summed E-state index contributed by atoms with van der Waals surface area (Å²) >= 11 is 1.44. The summed E-state index contributed by atoms with van der Waals surface area (Å²) in [5.41, 5.74) is 2.32. The molecule has 0 bridgehead atoms. The smallest absolute Gasteiger partial charge is 0.239 e. The predicted molar refractivity (Wildman–Crippen MR) is 107 cm³/mol. The van der Waals surface area contributed by atoms with Gasteiger partial charge in [0.15, 0.2) is 11.0 Å². The van der Waals surface area contributed by atoms with E-state index in [1.54, 1.807) is 19.2 Å². The Balaban J connectivity index is 1.74. The Morgan fingerprint density at radius 3 is 2.63 bits per heavy atom. The van der Waals surface area contributed by atoms with Gasteiger partial charge in [0.25, 0.3) is 0 Å². The van der Waals surface area contributed by atoms with Gasteiger partial charge in [0.1, 0.15) is 5.76 Å². The van der Waals surface area contributed by atoms with Crippen molar-refractivity contribution in [3.05, 3.63) is 54.0 Å². The fourth-order valence-electron chi connectivity index (χ4n) is 2.67. The van der Waals surface area contributed by atoms with Crippen LogP contribution in [0, 0.1) is 6.92 Å². The van der Waals surface area contributed by atoms with Gasteiger partial charge < -0.3 is 9.84 Å². The first-order valence-electron chi connectivity index (χ1n) is 9.02. The number of amides is 1. The zero-order chi connectivity index (χ0) is 19.4. The van der Waals surface area contributed by atoms with E-state index < -0.39 is 0 Å². The number of hydrogen-bond donors (Lipinski definition) is 1. The molecule has 2 heterocycles. The third kappa shape index (κ3) is 4.60. The molecule has 3 rings (SSSR count). The summed E-state index contributed by atoms with van der Waals surface area (Å²) in [4.78, 5) is 17.0. The number of aromatic nitrogens is 3. The Labute approximate surface area is 163 Å². The molecular formula is C20H24N4O2S. The Morgan fingerprint density at radius 1 is 1.30 bits per heavy atom. The highest BCUT2D eigenvalue weighted by molar-refractivity contribution is 8.00. The van der Waals surface area contributed by atoms with Crippen LogP contribution >= 0.6 is 11.8 Å². The van der Waals surface area contributed by atoms with Crippen LogP contribution in [0.15, 0.2) is 52.4 Å². The summed E-state index contributed by atoms with van der Waals surface area (Å²) in [6.07, 6.45) is 4.34. The number of anilines is 1. The maximum absolute atomic E-state index is 12.6. The summed E-state index contributed by atoms with van der Waals surface area (Å²) < 4.78 is 7.00. The van der Waals surface area contributed by atoms with Crippen molar-refractivity contribution in [2.45, 2.75) is 50.4 Å². The minimum absolute atomic E-state index is 0.111. The van der Waals surface area contributed by atoms with Crippen molar-refractivity contribution >= 4 is 23.5 Å². The molecule has 142 valence electrons. The monoisotopic (exact) mass is 384 g/mol. The van der Waals surface area contributed by atoms with Crippen LogP contribution < -0.4 is 5.32 Å². The number of carbonyl (C=O) groups is 1. The molecule has 7 heteroatoms. The first-order chi connectivity index (χ1) is 13.0. The minimum Gasteiger partial charge on any atom is -0.360 e. The molecular weight excluding hydrogens is 360 g/mol. The highest BCUT2D eigenvalue weighted by Gasteiger charge is 2.22. The normalized spacial score (nSPS) is 12.3. The molecule has 0 radical (unpaired) electrons. The molecule has 6 nitrogen and oxygen atoms in total. The molecule has 1 N–H and O–H groups in total. The van der Waals surface area contributed by atoms with Crippen LogP contribution in [-0.4, -0.2) is 25.9 Å². The average molecular weight is 385 g/mol. The summed E-state index contributed by atoms with van der Waals surface area (Å²) in [6, 6.07) is 10.1. The van der Waals surface area contributed by atoms with Gasteiger partial charge in [-0.05, 0) is 37.0 Å². The number of thioether (sulfide) groups is 1. The lowest BCUT2D eigenvalue weighted by Gasteiger charge is -2.15. The molecule has 2 aromatic heterocycles. The molecule has 0 aliphatic rings. The Hall–Kier alpha value is -2.54. The van der Waals surface area contributed by atoms with Crippen molar-refractivity contribution in [1.29, 1.82) is 0 Å². The Kier molecular flexibility index (Phi) is 6.01. The molecule has 3 aromatic rings. The van der Waals surface area contributed by atoms with Crippen molar-refractivity contribution in [3.63, 3.8) is 0 Å². The Bertz CT molecular complexity index is 899. The summed E-state index contributed by atoms with van der Waals surface area (Å²) in [7, 11) is 0. The van der Waals surface area contributed by atoms with Crippen LogP contribution in [0.3, 0.4) is 0 Å². The van der Waals surface area contributed by atoms with Gasteiger partial charge in [0.05, 0.1) is 5.25 Å². The van der Waals surface area contributed by atoms with Crippen LogP contribution in [0.25, 0.3) is 5.69 Å². The fraction of sp³-hybridized carbons (Fsp3) is 0.350. The number of aryl methyl sites for hydroxylation is 1. The lowest BCUT2D eigenvalue weighted by atomic mass is 10.0. The molecule has 0 aliphatic heterocycles. The van der Waals surface area contributed by atoms with Gasteiger partial charge in [0.2, 0.25) is 5.91 Å². The standard InChI is InChI=1S/C20H24N4O2S/c1-5-17(19(25)22-18-12-14(4)26-23-18)27-20-21-10-11-24(20)16-8-6-15(7-9-16)13(2)3/h6-13,17H,5H2,1-4H3,(H,22,23,25). The number of hydrogen-bond acceptors (Lipinski definition) is 5. The molecule has 0 aliphatic carbocycles. The van der Waals surface area contributed by atoms with Gasteiger partial charge in [0, 0.05) is 24.1 Å². The number of carbonyl (C=O) groups excluding carboxylic acids is 1. The van der Waals surface area contributed by atoms with Crippen LogP contribution in [-0.2, 0) is 4.79 Å². The lowest BCUT2D eigenvalue weighted by Crippen LogP contribution is -2.25. The first-order valence-corrected chi connectivity index (χ1v) is 9.90. The highest BCUT2D eigenvalue weighted by atomic mass is 32.2. The van der Waals surface area contributed by atoms with Crippen molar-refractivity contribution in [1.82, 2.24) is 14.7 Å². The molecule has 1 unspecified atom stereocenters. The van der Waals surface area contributed by atoms with Crippen molar-refractivity contribution in [2.75, 3.05) is 5.32 Å². The number of benzene rings is 1. The zero-order valence-electron chi connectivity index (χ0n) is 16.0. The van der Waals surface area contributed by atoms with Gasteiger partial charge in [-0.15, -0.1) is 0 Å². The van der Waals surface area contributed by atoms with Crippen LogP contribution in [0.5, 0.6) is 0 Å². The van der Waals surface area contributed by atoms with E-state index in [2.05, 4.69) is 53.6 Å². The van der Waals surface area contributed by atoms with E-state index in [1.807, 2.05) is 17.7 Å². The zero-order valence-corrected chi connectivity index (χ0v) is 16.8. The van der Waals surface area contributed by atoms with Crippen LogP contribution in [0.2, 0.25) is 0 Å². The van der Waals surface area contributed by atoms with Gasteiger partial charge in [-0.3, -0.25) is 9.36 Å². The van der Waals surface area contributed by atoms with E-state index in [0.29, 0.717) is 23.9 Å². The maximum Gasteiger partial charge on any atom is 0.239 e. The fourth-order valence-corrected chi connectivity index (χ4v) is 3.66. The Morgan fingerprint density at radius 2 is 2.04 bits per heavy atom. The second kappa shape index (κ2) is 8.43.